The number of benzene rings is 1. The van der Waals surface area contributed by atoms with Crippen LogP contribution < -0.4 is 14.8 Å². The minimum atomic E-state index is -0.620. The van der Waals surface area contributed by atoms with Crippen molar-refractivity contribution < 1.29 is 14.3 Å². The first-order valence-corrected chi connectivity index (χ1v) is 6.87. The smallest absolute Gasteiger partial charge is 0.264 e. The van der Waals surface area contributed by atoms with E-state index in [1.807, 2.05) is 35.9 Å². The van der Waals surface area contributed by atoms with E-state index < -0.39 is 6.10 Å². The summed E-state index contributed by atoms with van der Waals surface area (Å²) in [6, 6.07) is 7.32. The summed E-state index contributed by atoms with van der Waals surface area (Å²) < 4.78 is 13.1. The second kappa shape index (κ2) is 5.87. The molecule has 21 heavy (non-hydrogen) atoms. The number of nitrogens with one attached hydrogen (secondary N) is 1. The lowest BCUT2D eigenvalue weighted by molar-refractivity contribution is -0.131. The zero-order valence-electron chi connectivity index (χ0n) is 11.7. The van der Waals surface area contributed by atoms with Crippen molar-refractivity contribution in [2.45, 2.75) is 25.6 Å². The number of rotatable bonds is 4. The molecule has 6 heteroatoms. The number of aromatic nitrogens is 2. The molecule has 3 rings (SSSR count). The molecule has 1 aromatic carbocycles. The zero-order chi connectivity index (χ0) is 14.7. The summed E-state index contributed by atoms with van der Waals surface area (Å²) >= 11 is 0. The Morgan fingerprint density at radius 1 is 1.48 bits per heavy atom. The van der Waals surface area contributed by atoms with Crippen molar-refractivity contribution in [2.75, 3.05) is 6.61 Å². The molecule has 2 heterocycles. The Morgan fingerprint density at radius 3 is 3.05 bits per heavy atom. The Kier molecular flexibility index (Phi) is 3.77. The van der Waals surface area contributed by atoms with Crippen LogP contribution in [-0.4, -0.2) is 34.2 Å². The fourth-order valence-electron chi connectivity index (χ4n) is 2.24. The minimum absolute atomic E-state index is 0.0209. The standard InChI is InChI=1S/C15H17N3O3/c1-11(8-18-7-6-16-10-18)17-15(19)14-9-20-12-4-2-3-5-13(12)21-14/h2-7,10-11,14H,8-9H2,1H3,(H,17,19)/t11-,14-/m0/s1. The number of hydrogen-bond acceptors (Lipinski definition) is 4. The fourth-order valence-corrected chi connectivity index (χ4v) is 2.24. The number of imidazole rings is 1. The van der Waals surface area contributed by atoms with E-state index in [1.54, 1.807) is 18.6 Å². The molecule has 0 saturated heterocycles. The van der Waals surface area contributed by atoms with Crippen molar-refractivity contribution in [3.05, 3.63) is 43.0 Å². The van der Waals surface area contributed by atoms with E-state index in [-0.39, 0.29) is 18.6 Å². The molecule has 0 fully saturated rings. The highest BCUT2D eigenvalue weighted by Gasteiger charge is 2.27. The topological polar surface area (TPSA) is 65.4 Å². The summed E-state index contributed by atoms with van der Waals surface area (Å²) in [6.07, 6.45) is 4.67. The normalized spacial score (nSPS) is 18.0. The predicted molar refractivity (Wildman–Crippen MR) is 76.2 cm³/mol. The van der Waals surface area contributed by atoms with Crippen molar-refractivity contribution in [1.82, 2.24) is 14.9 Å². The van der Waals surface area contributed by atoms with Crippen LogP contribution in [0.3, 0.4) is 0 Å². The lowest BCUT2D eigenvalue weighted by Gasteiger charge is -2.26. The van der Waals surface area contributed by atoms with Crippen LogP contribution in [-0.2, 0) is 11.3 Å². The van der Waals surface area contributed by atoms with Crippen molar-refractivity contribution in [2.24, 2.45) is 0 Å². The van der Waals surface area contributed by atoms with E-state index in [0.717, 1.165) is 0 Å². The molecule has 110 valence electrons. The molecule has 6 nitrogen and oxygen atoms in total. The van der Waals surface area contributed by atoms with Crippen LogP contribution in [0.5, 0.6) is 11.5 Å². The molecular formula is C15H17N3O3. The number of amides is 1. The number of carbonyl (C=O) groups is 1. The third-order valence-corrected chi connectivity index (χ3v) is 3.23. The molecule has 2 aromatic rings. The van der Waals surface area contributed by atoms with Gasteiger partial charge < -0.3 is 19.4 Å². The second-order valence-electron chi connectivity index (χ2n) is 5.03. The van der Waals surface area contributed by atoms with Gasteiger partial charge in [0, 0.05) is 25.0 Å². The van der Waals surface area contributed by atoms with Crippen molar-refractivity contribution in [1.29, 1.82) is 0 Å². The maximum Gasteiger partial charge on any atom is 0.264 e. The lowest BCUT2D eigenvalue weighted by Crippen LogP contribution is -2.47. The van der Waals surface area contributed by atoms with Crippen LogP contribution >= 0.6 is 0 Å². The molecule has 0 radical (unpaired) electrons. The first-order chi connectivity index (χ1) is 10.2. The van der Waals surface area contributed by atoms with Crippen LogP contribution in [0.2, 0.25) is 0 Å². The number of fused-ring (bicyclic) bond motifs is 1. The second-order valence-corrected chi connectivity index (χ2v) is 5.03. The van der Waals surface area contributed by atoms with Gasteiger partial charge in [0.1, 0.15) is 6.61 Å². The van der Waals surface area contributed by atoms with Gasteiger partial charge in [-0.25, -0.2) is 4.98 Å². The molecule has 1 aromatic heterocycles. The van der Waals surface area contributed by atoms with Gasteiger partial charge in [-0.1, -0.05) is 12.1 Å². The average molecular weight is 287 g/mol. The molecule has 0 unspecified atom stereocenters. The van der Waals surface area contributed by atoms with Crippen molar-refractivity contribution in [3.63, 3.8) is 0 Å². The SMILES string of the molecule is C[C@@H](Cn1ccnc1)NC(=O)[C@@H]1COc2ccccc2O1. The van der Waals surface area contributed by atoms with Crippen LogP contribution in [0.4, 0.5) is 0 Å². The Labute approximate surface area is 122 Å². The monoisotopic (exact) mass is 287 g/mol. The highest BCUT2D eigenvalue weighted by atomic mass is 16.6. The summed E-state index contributed by atoms with van der Waals surface area (Å²) in [5, 5.41) is 2.93. The van der Waals surface area contributed by atoms with E-state index in [4.69, 9.17) is 9.47 Å². The Bertz CT molecular complexity index is 612. The van der Waals surface area contributed by atoms with Gasteiger partial charge in [0.15, 0.2) is 11.5 Å². The summed E-state index contributed by atoms with van der Waals surface area (Å²) in [5.41, 5.74) is 0. The predicted octanol–water partition coefficient (Wildman–Crippen LogP) is 1.23. The number of nitrogens with zero attached hydrogens (tertiary/aromatic N) is 2. The quantitative estimate of drug-likeness (QED) is 0.918. The Morgan fingerprint density at radius 2 is 2.29 bits per heavy atom. The molecule has 1 N–H and O–H groups in total. The third-order valence-electron chi connectivity index (χ3n) is 3.23. The highest BCUT2D eigenvalue weighted by Crippen LogP contribution is 2.30. The molecule has 0 spiro atoms. The van der Waals surface area contributed by atoms with Gasteiger partial charge in [-0.2, -0.15) is 0 Å². The molecular weight excluding hydrogens is 270 g/mol. The van der Waals surface area contributed by atoms with Crippen molar-refractivity contribution in [3.8, 4) is 11.5 Å². The maximum absolute atomic E-state index is 12.2. The summed E-state index contributed by atoms with van der Waals surface area (Å²) in [4.78, 5) is 16.2. The molecule has 1 aliphatic rings. The van der Waals surface area contributed by atoms with Crippen LogP contribution in [0.25, 0.3) is 0 Å². The van der Waals surface area contributed by atoms with Gasteiger partial charge in [0.25, 0.3) is 5.91 Å². The summed E-state index contributed by atoms with van der Waals surface area (Å²) in [5.74, 6) is 1.11. The van der Waals surface area contributed by atoms with Gasteiger partial charge in [0.05, 0.1) is 6.33 Å². The number of hydrogen-bond donors (Lipinski definition) is 1. The van der Waals surface area contributed by atoms with E-state index >= 15 is 0 Å². The van der Waals surface area contributed by atoms with Gasteiger partial charge in [-0.15, -0.1) is 0 Å². The lowest BCUT2D eigenvalue weighted by atomic mass is 10.2. The zero-order valence-corrected chi connectivity index (χ0v) is 11.7. The van der Waals surface area contributed by atoms with E-state index in [9.17, 15) is 4.79 Å². The number of para-hydroxylation sites is 2. The minimum Gasteiger partial charge on any atom is -0.485 e. The van der Waals surface area contributed by atoms with Crippen LogP contribution in [0.1, 0.15) is 6.92 Å². The van der Waals surface area contributed by atoms with Gasteiger partial charge in [-0.05, 0) is 19.1 Å². The largest absolute Gasteiger partial charge is 0.485 e. The number of ether oxygens (including phenoxy) is 2. The molecule has 2 atom stereocenters. The first kappa shape index (κ1) is 13.5. The van der Waals surface area contributed by atoms with Crippen molar-refractivity contribution >= 4 is 5.91 Å². The van der Waals surface area contributed by atoms with E-state index in [1.165, 1.54) is 0 Å². The molecule has 0 aliphatic carbocycles. The summed E-state index contributed by atoms with van der Waals surface area (Å²) in [7, 11) is 0. The molecule has 0 saturated carbocycles. The molecule has 1 aliphatic heterocycles. The number of carbonyl (C=O) groups excluding carboxylic acids is 1. The Hall–Kier alpha value is -2.50. The average Bonchev–Trinajstić information content (AvgIpc) is 2.99. The van der Waals surface area contributed by atoms with Crippen LogP contribution in [0.15, 0.2) is 43.0 Å². The molecule has 1 amide bonds. The van der Waals surface area contributed by atoms with Gasteiger partial charge >= 0.3 is 0 Å². The van der Waals surface area contributed by atoms with Gasteiger partial charge in [-0.3, -0.25) is 4.79 Å². The summed E-state index contributed by atoms with van der Waals surface area (Å²) in [6.45, 7) is 2.83. The van der Waals surface area contributed by atoms with Crippen LogP contribution in [0, 0.1) is 0 Å². The molecule has 0 bridgehead atoms. The van der Waals surface area contributed by atoms with E-state index in [2.05, 4.69) is 10.3 Å². The maximum atomic E-state index is 12.2. The fraction of sp³-hybridized carbons (Fsp3) is 0.333. The first-order valence-electron chi connectivity index (χ1n) is 6.87. The Balaban J connectivity index is 1.56. The highest BCUT2D eigenvalue weighted by molar-refractivity contribution is 5.82. The third kappa shape index (κ3) is 3.16. The van der Waals surface area contributed by atoms with E-state index in [0.29, 0.717) is 18.0 Å². The van der Waals surface area contributed by atoms with Gasteiger partial charge in [0.2, 0.25) is 6.10 Å².